The van der Waals surface area contributed by atoms with Crippen LogP contribution in [-0.2, 0) is 4.79 Å². The van der Waals surface area contributed by atoms with Gasteiger partial charge in [-0.2, -0.15) is 0 Å². The molecule has 1 heterocycles. The average Bonchev–Trinajstić information content (AvgIpc) is 2.95. The summed E-state index contributed by atoms with van der Waals surface area (Å²) in [6.07, 6.45) is 10.7. The quantitative estimate of drug-likeness (QED) is 0.844. The van der Waals surface area contributed by atoms with Crippen molar-refractivity contribution in [1.29, 1.82) is 0 Å². The number of hydrogen-bond acceptors (Lipinski definition) is 2. The fourth-order valence-corrected chi connectivity index (χ4v) is 6.02. The van der Waals surface area contributed by atoms with Crippen LogP contribution in [0.2, 0.25) is 0 Å². The van der Waals surface area contributed by atoms with E-state index in [0.29, 0.717) is 11.8 Å². The molecule has 4 saturated carbocycles. The predicted octanol–water partition coefficient (Wildman–Crippen LogP) is 2.66. The van der Waals surface area contributed by atoms with Gasteiger partial charge in [0.25, 0.3) is 0 Å². The van der Waals surface area contributed by atoms with Gasteiger partial charge in [0.1, 0.15) is 0 Å². The largest absolute Gasteiger partial charge is 0.355 e. The number of nitrogens with one attached hydrogen (secondary N) is 1. The van der Waals surface area contributed by atoms with Gasteiger partial charge in [0, 0.05) is 19.5 Å². The van der Waals surface area contributed by atoms with Gasteiger partial charge < -0.3 is 10.2 Å². The Morgan fingerprint density at radius 3 is 2.19 bits per heavy atom. The summed E-state index contributed by atoms with van der Waals surface area (Å²) in [4.78, 5) is 14.8. The molecule has 1 aliphatic heterocycles. The van der Waals surface area contributed by atoms with Crippen molar-refractivity contribution in [3.05, 3.63) is 0 Å². The summed E-state index contributed by atoms with van der Waals surface area (Å²) in [5, 5.41) is 3.19. The summed E-state index contributed by atoms with van der Waals surface area (Å²) in [5.41, 5.74) is 0. The molecule has 1 saturated heterocycles. The molecule has 5 fully saturated rings. The second kappa shape index (κ2) is 5.91. The second-order valence-electron chi connectivity index (χ2n) is 8.20. The molecule has 0 aromatic carbocycles. The molecule has 4 aliphatic carbocycles. The number of likely N-dealkylation sites (tertiary alicyclic amines) is 1. The minimum absolute atomic E-state index is 0.326. The van der Waals surface area contributed by atoms with Crippen molar-refractivity contribution >= 4 is 5.91 Å². The molecule has 0 spiro atoms. The normalized spacial score (nSPS) is 41.6. The van der Waals surface area contributed by atoms with Gasteiger partial charge in [-0.1, -0.05) is 0 Å². The van der Waals surface area contributed by atoms with Crippen molar-refractivity contribution in [1.82, 2.24) is 10.2 Å². The van der Waals surface area contributed by atoms with Gasteiger partial charge >= 0.3 is 0 Å². The molecular weight excluding hydrogens is 260 g/mol. The lowest BCUT2D eigenvalue weighted by molar-refractivity contribution is -0.126. The van der Waals surface area contributed by atoms with Crippen LogP contribution >= 0.6 is 0 Å². The van der Waals surface area contributed by atoms with Crippen LogP contribution < -0.4 is 5.32 Å². The standard InChI is InChI=1S/C18H30N2O/c21-18(19-3-6-20-4-1-2-5-20)12-17-15-8-13-7-14(10-15)11-16(17)9-13/h13-17H,1-12H2,(H,19,21). The molecule has 21 heavy (non-hydrogen) atoms. The van der Waals surface area contributed by atoms with E-state index in [1.165, 1.54) is 58.0 Å². The molecule has 4 bridgehead atoms. The molecule has 0 unspecified atom stereocenters. The molecular formula is C18H30N2O. The van der Waals surface area contributed by atoms with Gasteiger partial charge in [-0.3, -0.25) is 4.79 Å². The summed E-state index contributed by atoms with van der Waals surface area (Å²) >= 11 is 0. The topological polar surface area (TPSA) is 32.3 Å². The maximum atomic E-state index is 12.3. The summed E-state index contributed by atoms with van der Waals surface area (Å²) in [6.45, 7) is 4.36. The minimum atomic E-state index is 0.326. The van der Waals surface area contributed by atoms with E-state index < -0.39 is 0 Å². The number of carbonyl (C=O) groups is 1. The molecule has 118 valence electrons. The molecule has 0 aromatic heterocycles. The van der Waals surface area contributed by atoms with E-state index >= 15 is 0 Å². The molecule has 0 aromatic rings. The van der Waals surface area contributed by atoms with Crippen LogP contribution in [0.5, 0.6) is 0 Å². The van der Waals surface area contributed by atoms with Crippen LogP contribution in [0, 0.1) is 29.6 Å². The fourth-order valence-electron chi connectivity index (χ4n) is 6.02. The highest BCUT2D eigenvalue weighted by Gasteiger charge is 2.48. The summed E-state index contributed by atoms with van der Waals surface area (Å²) in [5.74, 6) is 4.83. The molecule has 3 heteroatoms. The number of nitrogens with zero attached hydrogens (tertiary/aromatic N) is 1. The fraction of sp³-hybridized carbons (Fsp3) is 0.944. The van der Waals surface area contributed by atoms with Gasteiger partial charge in [0.05, 0.1) is 0 Å². The zero-order valence-electron chi connectivity index (χ0n) is 13.2. The first kappa shape index (κ1) is 14.0. The zero-order valence-corrected chi connectivity index (χ0v) is 13.2. The maximum absolute atomic E-state index is 12.3. The molecule has 1 N–H and O–H groups in total. The Balaban J connectivity index is 1.23. The van der Waals surface area contributed by atoms with Crippen LogP contribution in [-0.4, -0.2) is 37.0 Å². The van der Waals surface area contributed by atoms with E-state index in [1.54, 1.807) is 0 Å². The van der Waals surface area contributed by atoms with Gasteiger partial charge in [-0.25, -0.2) is 0 Å². The Morgan fingerprint density at radius 1 is 0.952 bits per heavy atom. The number of amides is 1. The first-order valence-electron chi connectivity index (χ1n) is 9.27. The smallest absolute Gasteiger partial charge is 0.220 e. The molecule has 1 amide bonds. The molecule has 0 radical (unpaired) electrons. The van der Waals surface area contributed by atoms with Gasteiger partial charge in [0.15, 0.2) is 0 Å². The number of rotatable bonds is 5. The molecule has 5 aliphatic rings. The van der Waals surface area contributed by atoms with Crippen LogP contribution in [0.15, 0.2) is 0 Å². The Labute approximate surface area is 128 Å². The molecule has 5 rings (SSSR count). The monoisotopic (exact) mass is 290 g/mol. The van der Waals surface area contributed by atoms with E-state index in [0.717, 1.165) is 43.2 Å². The highest BCUT2D eigenvalue weighted by molar-refractivity contribution is 5.76. The van der Waals surface area contributed by atoms with E-state index in [1.807, 2.05) is 0 Å². The Kier molecular flexibility index (Phi) is 3.95. The first-order valence-corrected chi connectivity index (χ1v) is 9.27. The van der Waals surface area contributed by atoms with E-state index in [9.17, 15) is 4.79 Å². The lowest BCUT2D eigenvalue weighted by Gasteiger charge is -2.54. The highest BCUT2D eigenvalue weighted by atomic mass is 16.1. The van der Waals surface area contributed by atoms with Gasteiger partial charge in [0.2, 0.25) is 5.91 Å². The SMILES string of the molecule is O=C(CC1C2CC3CC(C2)CC1C3)NCCN1CCCC1. The number of carbonyl (C=O) groups excluding carboxylic acids is 1. The Hall–Kier alpha value is -0.570. The maximum Gasteiger partial charge on any atom is 0.220 e. The first-order chi connectivity index (χ1) is 10.3. The van der Waals surface area contributed by atoms with Crippen LogP contribution in [0.25, 0.3) is 0 Å². The predicted molar refractivity (Wildman–Crippen MR) is 83.8 cm³/mol. The average molecular weight is 290 g/mol. The van der Waals surface area contributed by atoms with Crippen molar-refractivity contribution in [2.75, 3.05) is 26.2 Å². The number of hydrogen-bond donors (Lipinski definition) is 1. The molecule has 3 nitrogen and oxygen atoms in total. The van der Waals surface area contributed by atoms with Crippen molar-refractivity contribution in [2.24, 2.45) is 29.6 Å². The van der Waals surface area contributed by atoms with Gasteiger partial charge in [-0.15, -0.1) is 0 Å². The third kappa shape index (κ3) is 2.99. The summed E-state index contributed by atoms with van der Waals surface area (Å²) in [6, 6.07) is 0. The van der Waals surface area contributed by atoms with E-state index in [2.05, 4.69) is 10.2 Å². The van der Waals surface area contributed by atoms with Crippen LogP contribution in [0.1, 0.15) is 51.4 Å². The summed E-state index contributed by atoms with van der Waals surface area (Å²) < 4.78 is 0. The zero-order chi connectivity index (χ0) is 14.2. The second-order valence-corrected chi connectivity index (χ2v) is 8.20. The lowest BCUT2D eigenvalue weighted by Crippen LogP contribution is -2.46. The van der Waals surface area contributed by atoms with Crippen LogP contribution in [0.3, 0.4) is 0 Å². The van der Waals surface area contributed by atoms with E-state index in [4.69, 9.17) is 0 Å². The minimum Gasteiger partial charge on any atom is -0.355 e. The van der Waals surface area contributed by atoms with Crippen LogP contribution in [0.4, 0.5) is 0 Å². The van der Waals surface area contributed by atoms with Crippen molar-refractivity contribution in [3.63, 3.8) is 0 Å². The Bertz CT molecular complexity index is 361. The van der Waals surface area contributed by atoms with Crippen molar-refractivity contribution in [2.45, 2.75) is 51.4 Å². The third-order valence-electron chi connectivity index (χ3n) is 6.79. The van der Waals surface area contributed by atoms with Crippen molar-refractivity contribution in [3.8, 4) is 0 Å². The van der Waals surface area contributed by atoms with E-state index in [-0.39, 0.29) is 0 Å². The molecule has 0 atom stereocenters. The van der Waals surface area contributed by atoms with Gasteiger partial charge in [-0.05, 0) is 87.6 Å². The third-order valence-corrected chi connectivity index (χ3v) is 6.79. The highest BCUT2D eigenvalue weighted by Crippen LogP contribution is 2.57. The lowest BCUT2D eigenvalue weighted by atomic mass is 9.51. The van der Waals surface area contributed by atoms with Crippen molar-refractivity contribution < 1.29 is 4.79 Å². The Morgan fingerprint density at radius 2 is 1.57 bits per heavy atom. The summed E-state index contributed by atoms with van der Waals surface area (Å²) in [7, 11) is 0.